The fourth-order valence-electron chi connectivity index (χ4n) is 3.18. The van der Waals surface area contributed by atoms with Gasteiger partial charge >= 0.3 is 0 Å². The third-order valence-corrected chi connectivity index (χ3v) is 7.17. The Kier molecular flexibility index (Phi) is 4.31. The Hall–Kier alpha value is -1.53. The number of nitrogens with zero attached hydrogens (tertiary/aromatic N) is 1. The molecule has 134 valence electrons. The number of hydrogen-bond donors (Lipinski definition) is 1. The largest absolute Gasteiger partial charge is 0.497 e. The topological polar surface area (TPSA) is 26.2 Å². The second-order valence-electron chi connectivity index (χ2n) is 6.65. The summed E-state index contributed by atoms with van der Waals surface area (Å²) >= 11 is 19.8. The molecule has 0 aliphatic carbocycles. The van der Waals surface area contributed by atoms with Gasteiger partial charge in [0.1, 0.15) is 10.4 Å². The zero-order chi connectivity index (χ0) is 18.6. The maximum atomic E-state index is 6.22. The molecule has 1 aromatic heterocycles. The molecule has 0 unspecified atom stereocenters. The lowest BCUT2D eigenvalue weighted by Gasteiger charge is -2.33. The molecule has 26 heavy (non-hydrogen) atoms. The molecule has 7 heteroatoms. The van der Waals surface area contributed by atoms with Crippen molar-refractivity contribution in [3.8, 4) is 22.6 Å². The zero-order valence-electron chi connectivity index (χ0n) is 14.4. The fraction of sp³-hybridized carbons (Fsp3) is 0.211. The van der Waals surface area contributed by atoms with Crippen molar-refractivity contribution in [2.75, 3.05) is 12.4 Å². The van der Waals surface area contributed by atoms with Gasteiger partial charge in [0.05, 0.1) is 33.3 Å². The summed E-state index contributed by atoms with van der Waals surface area (Å²) in [4.78, 5) is 1.18. The summed E-state index contributed by atoms with van der Waals surface area (Å²) in [6, 6.07) is 11.6. The number of ether oxygens (including phenoxy) is 1. The van der Waals surface area contributed by atoms with Crippen LogP contribution >= 0.6 is 47.0 Å². The zero-order valence-corrected chi connectivity index (χ0v) is 17.5. The van der Waals surface area contributed by atoms with Crippen LogP contribution in [0.25, 0.3) is 16.8 Å². The van der Waals surface area contributed by atoms with Crippen LogP contribution < -0.4 is 10.1 Å². The third kappa shape index (κ3) is 2.74. The molecule has 0 spiro atoms. The van der Waals surface area contributed by atoms with Crippen LogP contribution in [0.2, 0.25) is 10.0 Å². The highest BCUT2D eigenvalue weighted by atomic mass is 35.5. The first kappa shape index (κ1) is 17.9. The summed E-state index contributed by atoms with van der Waals surface area (Å²) in [5, 5.41) is 4.64. The quantitative estimate of drug-likeness (QED) is 0.454. The normalized spacial score (nSPS) is 14.3. The highest BCUT2D eigenvalue weighted by Crippen LogP contribution is 2.48. The van der Waals surface area contributed by atoms with Gasteiger partial charge in [-0.2, -0.15) is 0 Å². The van der Waals surface area contributed by atoms with E-state index in [1.165, 1.54) is 4.88 Å². The first-order valence-electron chi connectivity index (χ1n) is 8.00. The third-order valence-electron chi connectivity index (χ3n) is 4.46. The van der Waals surface area contributed by atoms with E-state index in [1.54, 1.807) is 24.7 Å². The molecule has 0 atom stereocenters. The van der Waals surface area contributed by atoms with Crippen molar-refractivity contribution >= 4 is 52.6 Å². The molecule has 0 fully saturated rings. The SMILES string of the molecule is COc1ccc2c(c1)-c1c(sn(-c3ccc(Cl)c(Cl)c3)c1=S)C(C)(C)N2. The molecule has 1 N–H and O–H groups in total. The summed E-state index contributed by atoms with van der Waals surface area (Å²) in [5.41, 5.74) is 3.83. The lowest BCUT2D eigenvalue weighted by molar-refractivity contribution is 0.415. The van der Waals surface area contributed by atoms with Crippen LogP contribution in [0.3, 0.4) is 0 Å². The highest BCUT2D eigenvalue weighted by molar-refractivity contribution is 7.71. The molecule has 0 saturated heterocycles. The number of hydrogen-bond acceptors (Lipinski definition) is 4. The molecule has 2 heterocycles. The van der Waals surface area contributed by atoms with E-state index in [0.717, 1.165) is 32.9 Å². The van der Waals surface area contributed by atoms with E-state index < -0.39 is 0 Å². The standard InChI is InChI=1S/C19H16Cl2N2OS2/c1-19(2)17-16(12-9-11(24-3)5-7-15(12)22-19)18(25)23(26-17)10-4-6-13(20)14(21)8-10/h4-9,22H,1-3H3. The molecule has 3 nitrogen and oxygen atoms in total. The number of halogens is 2. The van der Waals surface area contributed by atoms with Gasteiger partial charge in [0.15, 0.2) is 0 Å². The minimum absolute atomic E-state index is 0.239. The van der Waals surface area contributed by atoms with Gasteiger partial charge in [0.2, 0.25) is 0 Å². The minimum Gasteiger partial charge on any atom is -0.497 e. The second kappa shape index (κ2) is 6.27. The Morgan fingerprint density at radius 2 is 1.88 bits per heavy atom. The molecule has 3 aromatic rings. The molecule has 0 radical (unpaired) electrons. The van der Waals surface area contributed by atoms with Crippen LogP contribution in [0.1, 0.15) is 18.7 Å². The van der Waals surface area contributed by atoms with E-state index in [1.807, 2.05) is 34.3 Å². The van der Waals surface area contributed by atoms with Crippen molar-refractivity contribution in [2.24, 2.45) is 0 Å². The molecule has 2 aromatic carbocycles. The number of methoxy groups -OCH3 is 1. The van der Waals surface area contributed by atoms with Crippen molar-refractivity contribution in [1.82, 2.24) is 3.96 Å². The molecule has 1 aliphatic heterocycles. The monoisotopic (exact) mass is 422 g/mol. The molecule has 4 rings (SSSR count). The molecule has 0 amide bonds. The van der Waals surface area contributed by atoms with Crippen molar-refractivity contribution in [2.45, 2.75) is 19.4 Å². The number of nitrogens with one attached hydrogen (secondary N) is 1. The van der Waals surface area contributed by atoms with Gasteiger partial charge in [-0.3, -0.25) is 3.96 Å². The van der Waals surface area contributed by atoms with Crippen molar-refractivity contribution in [3.63, 3.8) is 0 Å². The highest BCUT2D eigenvalue weighted by Gasteiger charge is 2.34. The first-order chi connectivity index (χ1) is 12.3. The Balaban J connectivity index is 2.00. The maximum Gasteiger partial charge on any atom is 0.129 e. The summed E-state index contributed by atoms with van der Waals surface area (Å²) < 4.78 is 8.20. The van der Waals surface area contributed by atoms with E-state index in [2.05, 4.69) is 19.2 Å². The Labute approximate surface area is 171 Å². The summed E-state index contributed by atoms with van der Waals surface area (Å²) in [5.74, 6) is 0.804. The predicted molar refractivity (Wildman–Crippen MR) is 113 cm³/mol. The predicted octanol–water partition coefficient (Wildman–Crippen LogP) is 6.91. The Bertz CT molecular complexity index is 1090. The van der Waals surface area contributed by atoms with Crippen molar-refractivity contribution < 1.29 is 4.74 Å². The average Bonchev–Trinajstić information content (AvgIpc) is 2.96. The van der Waals surface area contributed by atoms with Gasteiger partial charge in [-0.05, 0) is 50.2 Å². The number of benzene rings is 2. The van der Waals surface area contributed by atoms with Crippen LogP contribution in [0.5, 0.6) is 5.75 Å². The molecular weight excluding hydrogens is 407 g/mol. The Morgan fingerprint density at radius 1 is 1.12 bits per heavy atom. The van der Waals surface area contributed by atoms with Gasteiger partial charge in [0.25, 0.3) is 0 Å². The van der Waals surface area contributed by atoms with E-state index in [0.29, 0.717) is 10.0 Å². The lowest BCUT2D eigenvalue weighted by atomic mass is 9.90. The fourth-order valence-corrected chi connectivity index (χ4v) is 5.12. The van der Waals surface area contributed by atoms with Crippen molar-refractivity contribution in [1.29, 1.82) is 0 Å². The molecule has 1 aliphatic rings. The first-order valence-corrected chi connectivity index (χ1v) is 9.94. The number of aromatic nitrogens is 1. The van der Waals surface area contributed by atoms with Gasteiger partial charge in [-0.15, -0.1) is 0 Å². The average molecular weight is 423 g/mol. The number of fused-ring (bicyclic) bond motifs is 3. The van der Waals surface area contributed by atoms with E-state index in [9.17, 15) is 0 Å². The minimum atomic E-state index is -0.239. The van der Waals surface area contributed by atoms with Crippen LogP contribution in [0.15, 0.2) is 36.4 Å². The molecule has 0 bridgehead atoms. The summed E-state index contributed by atoms with van der Waals surface area (Å²) in [6.07, 6.45) is 0. The van der Waals surface area contributed by atoms with E-state index in [-0.39, 0.29) is 5.54 Å². The van der Waals surface area contributed by atoms with Crippen LogP contribution in [0, 0.1) is 4.64 Å². The summed E-state index contributed by atoms with van der Waals surface area (Å²) in [6.45, 7) is 4.31. The van der Waals surface area contributed by atoms with Gasteiger partial charge in [-0.1, -0.05) is 47.0 Å². The molecule has 0 saturated carbocycles. The van der Waals surface area contributed by atoms with E-state index >= 15 is 0 Å². The smallest absolute Gasteiger partial charge is 0.129 e. The van der Waals surface area contributed by atoms with Gasteiger partial charge in [0, 0.05) is 16.8 Å². The number of rotatable bonds is 2. The Morgan fingerprint density at radius 3 is 2.58 bits per heavy atom. The van der Waals surface area contributed by atoms with Crippen molar-refractivity contribution in [3.05, 3.63) is 56.0 Å². The van der Waals surface area contributed by atoms with Crippen LogP contribution in [0.4, 0.5) is 5.69 Å². The van der Waals surface area contributed by atoms with Crippen LogP contribution in [-0.2, 0) is 5.54 Å². The van der Waals surface area contributed by atoms with Gasteiger partial charge in [-0.25, -0.2) is 0 Å². The summed E-state index contributed by atoms with van der Waals surface area (Å²) in [7, 11) is 1.67. The van der Waals surface area contributed by atoms with Gasteiger partial charge < -0.3 is 10.1 Å². The maximum absolute atomic E-state index is 6.22. The lowest BCUT2D eigenvalue weighted by Crippen LogP contribution is -2.30. The van der Waals surface area contributed by atoms with E-state index in [4.69, 9.17) is 40.2 Å². The second-order valence-corrected chi connectivity index (χ2v) is 8.81. The molecular formula is C19H16Cl2N2OS2. The van der Waals surface area contributed by atoms with Crippen LogP contribution in [-0.4, -0.2) is 11.1 Å². The number of anilines is 1.